The summed E-state index contributed by atoms with van der Waals surface area (Å²) in [5, 5.41) is 2.69. The van der Waals surface area contributed by atoms with Crippen molar-refractivity contribution in [1.29, 1.82) is 0 Å². The smallest absolute Gasteiger partial charge is 0.239 e. The highest BCUT2D eigenvalue weighted by molar-refractivity contribution is 6.13. The van der Waals surface area contributed by atoms with Crippen molar-refractivity contribution in [3.05, 3.63) is 59.4 Å². The fourth-order valence-corrected chi connectivity index (χ4v) is 2.95. The molecule has 1 fully saturated rings. The van der Waals surface area contributed by atoms with Crippen LogP contribution in [0, 0.1) is 25.6 Å². The van der Waals surface area contributed by atoms with E-state index in [1.807, 2.05) is 32.0 Å². The van der Waals surface area contributed by atoms with Crippen LogP contribution in [0.5, 0.6) is 0 Å². The quantitative estimate of drug-likeness (QED) is 0.879. The number of rotatable bonds is 3. The third kappa shape index (κ3) is 3.02. The van der Waals surface area contributed by atoms with Crippen LogP contribution in [0.1, 0.15) is 17.5 Å². The average molecular weight is 326 g/mol. The topological polar surface area (TPSA) is 49.4 Å². The molecule has 0 unspecified atom stereocenters. The van der Waals surface area contributed by atoms with E-state index in [2.05, 4.69) is 5.32 Å². The van der Waals surface area contributed by atoms with Gasteiger partial charge in [-0.2, -0.15) is 0 Å². The van der Waals surface area contributed by atoms with Crippen molar-refractivity contribution in [2.24, 2.45) is 5.92 Å². The number of carbonyl (C=O) groups excluding carboxylic acids is 2. The van der Waals surface area contributed by atoms with Gasteiger partial charge in [0.05, 0.1) is 0 Å². The maximum absolute atomic E-state index is 12.9. The molecule has 4 nitrogen and oxygen atoms in total. The minimum Gasteiger partial charge on any atom is -0.325 e. The minimum absolute atomic E-state index is 0.191. The van der Waals surface area contributed by atoms with Crippen molar-refractivity contribution >= 4 is 23.2 Å². The summed E-state index contributed by atoms with van der Waals surface area (Å²) < 4.78 is 12.9. The van der Waals surface area contributed by atoms with Crippen LogP contribution in [0.4, 0.5) is 15.8 Å². The molecule has 1 N–H and O–H groups in total. The van der Waals surface area contributed by atoms with E-state index in [4.69, 9.17) is 0 Å². The van der Waals surface area contributed by atoms with E-state index >= 15 is 0 Å². The van der Waals surface area contributed by atoms with Crippen molar-refractivity contribution < 1.29 is 14.0 Å². The van der Waals surface area contributed by atoms with Gasteiger partial charge >= 0.3 is 0 Å². The number of nitrogens with one attached hydrogen (secondary N) is 1. The number of aryl methyl sites for hydroxylation is 1. The number of benzene rings is 2. The van der Waals surface area contributed by atoms with Gasteiger partial charge < -0.3 is 10.2 Å². The van der Waals surface area contributed by atoms with Crippen LogP contribution in [0.25, 0.3) is 0 Å². The summed E-state index contributed by atoms with van der Waals surface area (Å²) in [6.45, 7) is 4.49. The highest BCUT2D eigenvalue weighted by Gasteiger charge is 2.38. The van der Waals surface area contributed by atoms with E-state index < -0.39 is 5.92 Å². The predicted octanol–water partition coefficient (Wildman–Crippen LogP) is 3.43. The Morgan fingerprint density at radius 1 is 1.17 bits per heavy atom. The molecule has 1 atom stereocenters. The monoisotopic (exact) mass is 326 g/mol. The molecule has 2 amide bonds. The van der Waals surface area contributed by atoms with E-state index in [0.29, 0.717) is 18.7 Å². The number of nitrogens with zero attached hydrogens (tertiary/aromatic N) is 1. The molecular weight excluding hydrogens is 307 g/mol. The van der Waals surface area contributed by atoms with E-state index in [-0.39, 0.29) is 17.6 Å². The number of hydrogen-bond donors (Lipinski definition) is 1. The molecule has 0 radical (unpaired) electrons. The fraction of sp³-hybridized carbons (Fsp3) is 0.263. The molecule has 2 aromatic rings. The molecule has 0 spiro atoms. The fourth-order valence-electron chi connectivity index (χ4n) is 2.95. The largest absolute Gasteiger partial charge is 0.325 e. The SMILES string of the molecule is Cc1cccc(N2CC[C@@H](C(=O)Nc3ccc(F)cc3)C2=O)c1C. The Morgan fingerprint density at radius 3 is 2.58 bits per heavy atom. The van der Waals surface area contributed by atoms with Crippen molar-refractivity contribution in [2.45, 2.75) is 20.3 Å². The van der Waals surface area contributed by atoms with E-state index in [0.717, 1.165) is 16.8 Å². The molecule has 0 aliphatic carbocycles. The molecule has 0 aromatic heterocycles. The van der Waals surface area contributed by atoms with Crippen LogP contribution < -0.4 is 10.2 Å². The van der Waals surface area contributed by atoms with Gasteiger partial charge in [-0.05, 0) is 61.7 Å². The van der Waals surface area contributed by atoms with Crippen LogP contribution in [-0.4, -0.2) is 18.4 Å². The molecule has 5 heteroatoms. The molecule has 3 rings (SSSR count). The highest BCUT2D eigenvalue weighted by Crippen LogP contribution is 2.30. The van der Waals surface area contributed by atoms with Gasteiger partial charge in [-0.1, -0.05) is 12.1 Å². The molecule has 0 saturated carbocycles. The summed E-state index contributed by atoms with van der Waals surface area (Å²) in [5.74, 6) is -1.62. The number of hydrogen-bond acceptors (Lipinski definition) is 2. The highest BCUT2D eigenvalue weighted by atomic mass is 19.1. The lowest BCUT2D eigenvalue weighted by Gasteiger charge is -2.20. The van der Waals surface area contributed by atoms with Gasteiger partial charge in [-0.15, -0.1) is 0 Å². The van der Waals surface area contributed by atoms with Gasteiger partial charge in [0.25, 0.3) is 0 Å². The molecule has 24 heavy (non-hydrogen) atoms. The van der Waals surface area contributed by atoms with Crippen LogP contribution in [0.2, 0.25) is 0 Å². The van der Waals surface area contributed by atoms with Crippen molar-refractivity contribution in [1.82, 2.24) is 0 Å². The van der Waals surface area contributed by atoms with Crippen molar-refractivity contribution in [2.75, 3.05) is 16.8 Å². The first kappa shape index (κ1) is 16.2. The molecule has 1 aliphatic rings. The molecule has 0 bridgehead atoms. The second-order valence-corrected chi connectivity index (χ2v) is 6.05. The number of carbonyl (C=O) groups is 2. The maximum atomic E-state index is 12.9. The maximum Gasteiger partial charge on any atom is 0.239 e. The van der Waals surface area contributed by atoms with Gasteiger partial charge in [0.1, 0.15) is 11.7 Å². The van der Waals surface area contributed by atoms with Gasteiger partial charge in [-0.3, -0.25) is 9.59 Å². The third-order valence-corrected chi connectivity index (χ3v) is 4.50. The third-order valence-electron chi connectivity index (χ3n) is 4.50. The summed E-state index contributed by atoms with van der Waals surface area (Å²) in [7, 11) is 0. The summed E-state index contributed by atoms with van der Waals surface area (Å²) in [4.78, 5) is 26.7. The summed E-state index contributed by atoms with van der Waals surface area (Å²) in [5.41, 5.74) is 3.50. The summed E-state index contributed by atoms with van der Waals surface area (Å²) >= 11 is 0. The average Bonchev–Trinajstić information content (AvgIpc) is 2.94. The van der Waals surface area contributed by atoms with E-state index in [9.17, 15) is 14.0 Å². The van der Waals surface area contributed by atoms with Crippen LogP contribution >= 0.6 is 0 Å². The Balaban J connectivity index is 1.75. The zero-order chi connectivity index (χ0) is 17.3. The zero-order valence-electron chi connectivity index (χ0n) is 13.7. The molecular formula is C19H19FN2O2. The van der Waals surface area contributed by atoms with Crippen molar-refractivity contribution in [3.63, 3.8) is 0 Å². The second kappa shape index (κ2) is 6.43. The Morgan fingerprint density at radius 2 is 1.88 bits per heavy atom. The second-order valence-electron chi connectivity index (χ2n) is 6.05. The summed E-state index contributed by atoms with van der Waals surface area (Å²) in [6.07, 6.45) is 0.471. The Labute approximate surface area is 140 Å². The lowest BCUT2D eigenvalue weighted by Crippen LogP contribution is -2.33. The van der Waals surface area contributed by atoms with Gasteiger partial charge in [0, 0.05) is 17.9 Å². The lowest BCUT2D eigenvalue weighted by molar-refractivity contribution is -0.129. The first-order chi connectivity index (χ1) is 11.5. The van der Waals surface area contributed by atoms with Crippen LogP contribution in [0.3, 0.4) is 0 Å². The van der Waals surface area contributed by atoms with Crippen LogP contribution in [-0.2, 0) is 9.59 Å². The zero-order valence-corrected chi connectivity index (χ0v) is 13.7. The number of halogens is 1. The van der Waals surface area contributed by atoms with Crippen LogP contribution in [0.15, 0.2) is 42.5 Å². The first-order valence-corrected chi connectivity index (χ1v) is 7.91. The van der Waals surface area contributed by atoms with Gasteiger partial charge in [0.15, 0.2) is 0 Å². The van der Waals surface area contributed by atoms with Crippen molar-refractivity contribution in [3.8, 4) is 0 Å². The Bertz CT molecular complexity index is 786. The molecule has 1 aliphatic heterocycles. The molecule has 1 saturated heterocycles. The van der Waals surface area contributed by atoms with E-state index in [1.165, 1.54) is 24.3 Å². The normalized spacial score (nSPS) is 17.2. The molecule has 124 valence electrons. The summed E-state index contributed by atoms with van der Waals surface area (Å²) in [6, 6.07) is 11.3. The minimum atomic E-state index is -0.713. The van der Waals surface area contributed by atoms with E-state index in [1.54, 1.807) is 4.90 Å². The standard InChI is InChI=1S/C19H19FN2O2/c1-12-4-3-5-17(13(12)2)22-11-10-16(19(22)24)18(23)21-15-8-6-14(20)7-9-15/h3-9,16H,10-11H2,1-2H3,(H,21,23)/t16-/m0/s1. The molecule has 1 heterocycles. The number of amides is 2. The Kier molecular flexibility index (Phi) is 4.34. The molecule has 2 aromatic carbocycles. The van der Waals surface area contributed by atoms with Gasteiger partial charge in [-0.25, -0.2) is 4.39 Å². The first-order valence-electron chi connectivity index (χ1n) is 7.91. The lowest BCUT2D eigenvalue weighted by atomic mass is 10.1. The number of anilines is 2. The Hall–Kier alpha value is -2.69. The van der Waals surface area contributed by atoms with Gasteiger partial charge in [0.2, 0.25) is 11.8 Å². The predicted molar refractivity (Wildman–Crippen MR) is 91.4 cm³/mol.